The van der Waals surface area contributed by atoms with Crippen LogP contribution in [0.1, 0.15) is 30.5 Å². The maximum atomic E-state index is 13.8. The van der Waals surface area contributed by atoms with E-state index in [-0.39, 0.29) is 17.3 Å². The molecule has 3 rings (SSSR count). The fraction of sp³-hybridized carbons (Fsp3) is 0.286. The standard InChI is InChI=1S/C28H33N3O4S/c1-5-29-28(33)23(4)30(19-24-13-9-11-21(2)17-24)27(32)20-31(25-14-10-12-22(3)18-25)36(34,35)26-15-7-6-8-16-26/h6-18,23H,5,19-20H2,1-4H3,(H,29,33)/t23-/m1/s1. The van der Waals surface area contributed by atoms with Crippen molar-refractivity contribution >= 4 is 27.5 Å². The Morgan fingerprint density at radius 3 is 2.14 bits per heavy atom. The lowest BCUT2D eigenvalue weighted by atomic mass is 10.1. The van der Waals surface area contributed by atoms with E-state index in [4.69, 9.17) is 0 Å². The first kappa shape index (κ1) is 26.9. The van der Waals surface area contributed by atoms with Crippen molar-refractivity contribution in [1.29, 1.82) is 0 Å². The van der Waals surface area contributed by atoms with Gasteiger partial charge in [-0.25, -0.2) is 8.42 Å². The molecule has 0 aliphatic rings. The summed E-state index contributed by atoms with van der Waals surface area (Å²) in [5.74, 6) is -0.775. The van der Waals surface area contributed by atoms with Crippen LogP contribution in [0.15, 0.2) is 83.8 Å². The third-order valence-corrected chi connectivity index (χ3v) is 7.64. The number of aryl methyl sites for hydroxylation is 2. The van der Waals surface area contributed by atoms with Gasteiger partial charge in [0.05, 0.1) is 10.6 Å². The number of hydrogen-bond acceptors (Lipinski definition) is 4. The fourth-order valence-corrected chi connectivity index (χ4v) is 5.37. The van der Waals surface area contributed by atoms with E-state index in [1.165, 1.54) is 17.0 Å². The number of likely N-dealkylation sites (N-methyl/N-ethyl adjacent to an activating group) is 1. The highest BCUT2D eigenvalue weighted by molar-refractivity contribution is 7.92. The number of amides is 2. The van der Waals surface area contributed by atoms with E-state index in [0.29, 0.717) is 12.2 Å². The van der Waals surface area contributed by atoms with Crippen LogP contribution >= 0.6 is 0 Å². The Labute approximate surface area is 213 Å². The summed E-state index contributed by atoms with van der Waals surface area (Å²) < 4.78 is 28.5. The Bertz CT molecular complexity index is 1310. The Kier molecular flexibility index (Phi) is 8.88. The first-order chi connectivity index (χ1) is 17.1. The molecule has 0 radical (unpaired) electrons. The van der Waals surface area contributed by atoms with E-state index in [2.05, 4.69) is 5.32 Å². The molecule has 7 nitrogen and oxygen atoms in total. The van der Waals surface area contributed by atoms with Gasteiger partial charge in [0.15, 0.2) is 0 Å². The highest BCUT2D eigenvalue weighted by Gasteiger charge is 2.32. The van der Waals surface area contributed by atoms with E-state index in [1.54, 1.807) is 43.3 Å². The van der Waals surface area contributed by atoms with Gasteiger partial charge >= 0.3 is 0 Å². The van der Waals surface area contributed by atoms with Gasteiger partial charge in [0, 0.05) is 13.1 Å². The van der Waals surface area contributed by atoms with Crippen molar-refractivity contribution in [2.24, 2.45) is 0 Å². The van der Waals surface area contributed by atoms with Crippen LogP contribution in [0, 0.1) is 13.8 Å². The van der Waals surface area contributed by atoms with Gasteiger partial charge in [0.1, 0.15) is 12.6 Å². The van der Waals surface area contributed by atoms with Crippen molar-refractivity contribution in [2.75, 3.05) is 17.4 Å². The van der Waals surface area contributed by atoms with E-state index in [1.807, 2.05) is 51.1 Å². The maximum Gasteiger partial charge on any atom is 0.264 e. The first-order valence-electron chi connectivity index (χ1n) is 11.9. The summed E-state index contributed by atoms with van der Waals surface area (Å²) in [4.78, 5) is 28.0. The molecule has 0 aliphatic heterocycles. The second-order valence-corrected chi connectivity index (χ2v) is 10.6. The molecule has 0 heterocycles. The van der Waals surface area contributed by atoms with Gasteiger partial charge in [-0.2, -0.15) is 0 Å². The van der Waals surface area contributed by atoms with Gasteiger partial charge in [0.2, 0.25) is 11.8 Å². The third kappa shape index (κ3) is 6.51. The summed E-state index contributed by atoms with van der Waals surface area (Å²) in [5, 5.41) is 2.76. The molecule has 0 aliphatic carbocycles. The van der Waals surface area contributed by atoms with Gasteiger partial charge in [0.25, 0.3) is 10.0 Å². The molecule has 1 N–H and O–H groups in total. The molecule has 3 aromatic carbocycles. The zero-order valence-electron chi connectivity index (χ0n) is 21.1. The number of hydrogen-bond donors (Lipinski definition) is 1. The predicted molar refractivity (Wildman–Crippen MR) is 142 cm³/mol. The van der Waals surface area contributed by atoms with Crippen molar-refractivity contribution in [1.82, 2.24) is 10.2 Å². The second kappa shape index (κ2) is 11.9. The van der Waals surface area contributed by atoms with Crippen LogP contribution in [0.4, 0.5) is 5.69 Å². The molecule has 0 bridgehead atoms. The molecule has 0 saturated carbocycles. The molecule has 8 heteroatoms. The average molecular weight is 508 g/mol. The molecule has 3 aromatic rings. The van der Waals surface area contributed by atoms with Gasteiger partial charge in [-0.15, -0.1) is 0 Å². The zero-order chi connectivity index (χ0) is 26.3. The number of sulfonamides is 1. The number of rotatable bonds is 10. The highest BCUT2D eigenvalue weighted by atomic mass is 32.2. The molecule has 0 saturated heterocycles. The summed E-state index contributed by atoms with van der Waals surface area (Å²) in [6.45, 7) is 7.43. The van der Waals surface area contributed by atoms with Crippen molar-refractivity contribution in [3.05, 3.63) is 95.6 Å². The van der Waals surface area contributed by atoms with Crippen LogP contribution < -0.4 is 9.62 Å². The van der Waals surface area contributed by atoms with Crippen LogP contribution in [0.5, 0.6) is 0 Å². The molecule has 36 heavy (non-hydrogen) atoms. The van der Waals surface area contributed by atoms with Crippen LogP contribution in [0.25, 0.3) is 0 Å². The van der Waals surface area contributed by atoms with Crippen LogP contribution in [0.2, 0.25) is 0 Å². The number of carbonyl (C=O) groups is 2. The van der Waals surface area contributed by atoms with Crippen LogP contribution in [-0.2, 0) is 26.2 Å². The highest BCUT2D eigenvalue weighted by Crippen LogP contribution is 2.25. The summed E-state index contributed by atoms with van der Waals surface area (Å²) in [6, 6.07) is 21.9. The Balaban J connectivity index is 2.02. The van der Waals surface area contributed by atoms with Crippen LogP contribution in [0.3, 0.4) is 0 Å². The predicted octanol–water partition coefficient (Wildman–Crippen LogP) is 4.05. The maximum absolute atomic E-state index is 13.8. The molecule has 2 amide bonds. The van der Waals surface area contributed by atoms with Gasteiger partial charge in [-0.3, -0.25) is 13.9 Å². The van der Waals surface area contributed by atoms with E-state index < -0.39 is 28.5 Å². The summed E-state index contributed by atoms with van der Waals surface area (Å²) in [6.07, 6.45) is 0. The lowest BCUT2D eigenvalue weighted by Crippen LogP contribution is -2.51. The zero-order valence-corrected chi connectivity index (χ0v) is 22.0. The Morgan fingerprint density at radius 2 is 1.53 bits per heavy atom. The van der Waals surface area contributed by atoms with Crippen molar-refractivity contribution in [2.45, 2.75) is 45.2 Å². The Hall–Kier alpha value is -3.65. The summed E-state index contributed by atoms with van der Waals surface area (Å²) in [5.41, 5.74) is 3.13. The second-order valence-electron chi connectivity index (χ2n) is 8.74. The van der Waals surface area contributed by atoms with Crippen molar-refractivity contribution in [3.8, 4) is 0 Å². The monoisotopic (exact) mass is 507 g/mol. The topological polar surface area (TPSA) is 86.8 Å². The third-order valence-electron chi connectivity index (χ3n) is 5.85. The molecule has 0 aromatic heterocycles. The SMILES string of the molecule is CCNC(=O)[C@@H](C)N(Cc1cccc(C)c1)C(=O)CN(c1cccc(C)c1)S(=O)(=O)c1ccccc1. The number of benzene rings is 3. The molecule has 0 spiro atoms. The summed E-state index contributed by atoms with van der Waals surface area (Å²) in [7, 11) is -4.05. The van der Waals surface area contributed by atoms with Crippen molar-refractivity contribution < 1.29 is 18.0 Å². The number of carbonyl (C=O) groups excluding carboxylic acids is 2. The van der Waals surface area contributed by atoms with Gasteiger partial charge in [-0.05, 0) is 63.1 Å². The van der Waals surface area contributed by atoms with Gasteiger partial charge in [-0.1, -0.05) is 60.2 Å². The minimum Gasteiger partial charge on any atom is -0.355 e. The normalized spacial score (nSPS) is 12.0. The first-order valence-corrected chi connectivity index (χ1v) is 13.3. The molecular formula is C28H33N3O4S. The minimum atomic E-state index is -4.05. The number of nitrogens with one attached hydrogen (secondary N) is 1. The molecule has 190 valence electrons. The van der Waals surface area contributed by atoms with Gasteiger partial charge < -0.3 is 10.2 Å². The summed E-state index contributed by atoms with van der Waals surface area (Å²) >= 11 is 0. The number of anilines is 1. The number of nitrogens with zero attached hydrogens (tertiary/aromatic N) is 2. The Morgan fingerprint density at radius 1 is 0.889 bits per heavy atom. The quantitative estimate of drug-likeness (QED) is 0.449. The molecule has 1 atom stereocenters. The van der Waals surface area contributed by atoms with Crippen LogP contribution in [-0.4, -0.2) is 44.3 Å². The smallest absolute Gasteiger partial charge is 0.264 e. The van der Waals surface area contributed by atoms with E-state index in [0.717, 1.165) is 21.0 Å². The lowest BCUT2D eigenvalue weighted by Gasteiger charge is -2.32. The fourth-order valence-electron chi connectivity index (χ4n) is 3.94. The largest absolute Gasteiger partial charge is 0.355 e. The van der Waals surface area contributed by atoms with Crippen molar-refractivity contribution in [3.63, 3.8) is 0 Å². The lowest BCUT2D eigenvalue weighted by molar-refractivity contribution is -0.139. The van der Waals surface area contributed by atoms with E-state index >= 15 is 0 Å². The molecule has 0 unspecified atom stereocenters. The molecule has 0 fully saturated rings. The molecular weight excluding hydrogens is 474 g/mol. The van der Waals surface area contributed by atoms with E-state index in [9.17, 15) is 18.0 Å². The average Bonchev–Trinajstić information content (AvgIpc) is 2.86. The minimum absolute atomic E-state index is 0.0846.